The molecule has 1 aromatic rings. The summed E-state index contributed by atoms with van der Waals surface area (Å²) in [6.07, 6.45) is 0. The van der Waals surface area contributed by atoms with E-state index in [1.165, 1.54) is 0 Å². The molecule has 0 fully saturated rings. The van der Waals surface area contributed by atoms with E-state index in [0.29, 0.717) is 4.57 Å². The van der Waals surface area contributed by atoms with Crippen molar-refractivity contribution in [2.24, 2.45) is 0 Å². The number of ketones is 1. The van der Waals surface area contributed by atoms with E-state index in [0.717, 1.165) is 6.92 Å². The molecule has 1 heterocycles. The van der Waals surface area contributed by atoms with Crippen molar-refractivity contribution in [1.82, 2.24) is 14.5 Å². The summed E-state index contributed by atoms with van der Waals surface area (Å²) in [4.78, 5) is 58.2. The number of rotatable bonds is 4. The van der Waals surface area contributed by atoms with E-state index < -0.39 is 42.0 Å². The van der Waals surface area contributed by atoms with Crippen LogP contribution in [0.1, 0.15) is 6.92 Å². The van der Waals surface area contributed by atoms with Crippen molar-refractivity contribution in [3.63, 3.8) is 0 Å². The summed E-state index contributed by atoms with van der Waals surface area (Å²) in [6, 6.07) is 0. The van der Waals surface area contributed by atoms with Crippen LogP contribution < -0.4 is 17.1 Å². The number of H-pyrrole nitrogens is 2. The molecule has 9 nitrogen and oxygen atoms in total. The van der Waals surface area contributed by atoms with E-state index >= 15 is 0 Å². The lowest BCUT2D eigenvalue weighted by Gasteiger charge is -2.02. The maximum Gasteiger partial charge on any atom is 0.334 e. The zero-order chi connectivity index (χ0) is 13.0. The number of nitrogens with zero attached hydrogens (tertiary/aromatic N) is 1. The van der Waals surface area contributed by atoms with Crippen LogP contribution in [0, 0.1) is 0 Å². The lowest BCUT2D eigenvalue weighted by atomic mass is 10.4. The summed E-state index contributed by atoms with van der Waals surface area (Å²) >= 11 is 0. The van der Waals surface area contributed by atoms with Gasteiger partial charge in [0.25, 0.3) is 0 Å². The highest BCUT2D eigenvalue weighted by molar-refractivity contribution is 5.81. The molecule has 0 aromatic carbocycles. The van der Waals surface area contributed by atoms with Gasteiger partial charge in [0.1, 0.15) is 0 Å². The molecule has 0 aliphatic rings. The minimum atomic E-state index is -1.00. The minimum absolute atomic E-state index is 0.493. The van der Waals surface area contributed by atoms with Gasteiger partial charge in [-0.3, -0.25) is 19.6 Å². The van der Waals surface area contributed by atoms with E-state index in [4.69, 9.17) is 0 Å². The molecule has 0 spiro atoms. The van der Waals surface area contributed by atoms with Crippen LogP contribution in [-0.4, -0.2) is 32.9 Å². The lowest BCUT2D eigenvalue weighted by Crippen LogP contribution is -2.44. The second-order valence-corrected chi connectivity index (χ2v) is 3.09. The topological polar surface area (TPSA) is 131 Å². The minimum Gasteiger partial charge on any atom is -0.458 e. The lowest BCUT2D eigenvalue weighted by molar-refractivity contribution is -0.145. The van der Waals surface area contributed by atoms with Crippen LogP contribution >= 0.6 is 0 Å². The number of carbonyl (C=O) groups excluding carboxylic acids is 2. The standard InChI is InChI=1S/C8H9N3O6/c1-4(12)17-3-5(13)2-11-7(15)9-6(14)10-8(11)16/h2-3H2,1H3,(H2,9,10,14,15,16). The fraction of sp³-hybridized carbons (Fsp3) is 0.375. The van der Waals surface area contributed by atoms with Crippen molar-refractivity contribution in [2.75, 3.05) is 6.61 Å². The molecule has 0 saturated carbocycles. The molecular weight excluding hydrogens is 234 g/mol. The second kappa shape index (κ2) is 5.05. The Balaban J connectivity index is 2.86. The monoisotopic (exact) mass is 243 g/mol. The predicted molar refractivity (Wildman–Crippen MR) is 53.6 cm³/mol. The van der Waals surface area contributed by atoms with Gasteiger partial charge in [0, 0.05) is 6.92 Å². The Bertz CT molecular complexity index is 572. The fourth-order valence-electron chi connectivity index (χ4n) is 1.00. The van der Waals surface area contributed by atoms with Gasteiger partial charge in [-0.1, -0.05) is 0 Å². The Morgan fingerprint density at radius 1 is 1.18 bits per heavy atom. The van der Waals surface area contributed by atoms with Crippen LogP contribution in [0.3, 0.4) is 0 Å². The number of aromatic nitrogens is 3. The Morgan fingerprint density at radius 2 is 1.71 bits per heavy atom. The highest BCUT2D eigenvalue weighted by Crippen LogP contribution is 1.81. The number of aromatic amines is 2. The van der Waals surface area contributed by atoms with Gasteiger partial charge in [-0.25, -0.2) is 19.0 Å². The maximum atomic E-state index is 11.2. The molecule has 92 valence electrons. The highest BCUT2D eigenvalue weighted by Gasteiger charge is 2.10. The smallest absolute Gasteiger partial charge is 0.334 e. The van der Waals surface area contributed by atoms with E-state index in [9.17, 15) is 24.0 Å². The van der Waals surface area contributed by atoms with Crippen LogP contribution in [0.2, 0.25) is 0 Å². The molecular formula is C8H9N3O6. The molecule has 0 radical (unpaired) electrons. The van der Waals surface area contributed by atoms with Gasteiger partial charge in [0.15, 0.2) is 12.4 Å². The third-order valence-corrected chi connectivity index (χ3v) is 1.70. The van der Waals surface area contributed by atoms with Gasteiger partial charge < -0.3 is 4.74 Å². The average Bonchev–Trinajstić information content (AvgIpc) is 2.20. The number of ether oxygens (including phenoxy) is 1. The molecule has 0 amide bonds. The first-order valence-corrected chi connectivity index (χ1v) is 4.48. The van der Waals surface area contributed by atoms with E-state index in [2.05, 4.69) is 4.74 Å². The largest absolute Gasteiger partial charge is 0.458 e. The SMILES string of the molecule is CC(=O)OCC(=O)Cn1c(=O)[nH]c(=O)[nH]c1=O. The van der Waals surface area contributed by atoms with E-state index in [1.807, 2.05) is 0 Å². The molecule has 0 unspecified atom stereocenters. The number of Topliss-reactive ketones (excluding diaryl/α,β-unsaturated/α-hetero) is 1. The predicted octanol–water partition coefficient (Wildman–Crippen LogP) is -2.64. The summed E-state index contributed by atoms with van der Waals surface area (Å²) in [5.74, 6) is -1.30. The Kier molecular flexibility index (Phi) is 3.75. The number of carbonyl (C=O) groups is 2. The Morgan fingerprint density at radius 3 is 2.18 bits per heavy atom. The van der Waals surface area contributed by atoms with Crippen molar-refractivity contribution in [1.29, 1.82) is 0 Å². The number of esters is 1. The van der Waals surface area contributed by atoms with Gasteiger partial charge in [-0.15, -0.1) is 0 Å². The van der Waals surface area contributed by atoms with E-state index in [-0.39, 0.29) is 0 Å². The van der Waals surface area contributed by atoms with Gasteiger partial charge in [0.05, 0.1) is 6.54 Å². The summed E-state index contributed by atoms with van der Waals surface area (Å²) < 4.78 is 4.88. The summed E-state index contributed by atoms with van der Waals surface area (Å²) in [5, 5.41) is 0. The van der Waals surface area contributed by atoms with Crippen molar-refractivity contribution in [3.8, 4) is 0 Å². The van der Waals surface area contributed by atoms with Crippen molar-refractivity contribution in [3.05, 3.63) is 31.5 Å². The summed E-state index contributed by atoms with van der Waals surface area (Å²) in [5.41, 5.74) is -2.96. The Hall–Kier alpha value is -2.45. The molecule has 2 N–H and O–H groups in total. The van der Waals surface area contributed by atoms with Crippen molar-refractivity contribution in [2.45, 2.75) is 13.5 Å². The van der Waals surface area contributed by atoms with Crippen LogP contribution in [0.4, 0.5) is 0 Å². The molecule has 0 saturated heterocycles. The van der Waals surface area contributed by atoms with E-state index in [1.54, 1.807) is 9.97 Å². The third kappa shape index (κ3) is 3.55. The summed E-state index contributed by atoms with van der Waals surface area (Å²) in [6.45, 7) is -0.00910. The van der Waals surface area contributed by atoms with Gasteiger partial charge in [-0.2, -0.15) is 0 Å². The average molecular weight is 243 g/mol. The first-order valence-electron chi connectivity index (χ1n) is 4.48. The van der Waals surface area contributed by atoms with Crippen LogP contribution in [0.5, 0.6) is 0 Å². The van der Waals surface area contributed by atoms with Crippen LogP contribution in [-0.2, 0) is 20.9 Å². The zero-order valence-corrected chi connectivity index (χ0v) is 8.81. The molecule has 9 heteroatoms. The summed E-state index contributed by atoms with van der Waals surface area (Å²) in [7, 11) is 0. The molecule has 0 atom stereocenters. The fourth-order valence-corrected chi connectivity index (χ4v) is 1.00. The zero-order valence-electron chi connectivity index (χ0n) is 8.81. The normalized spacial score (nSPS) is 9.94. The highest BCUT2D eigenvalue weighted by atomic mass is 16.5. The third-order valence-electron chi connectivity index (χ3n) is 1.70. The molecule has 1 rings (SSSR count). The maximum absolute atomic E-state index is 11.2. The van der Waals surface area contributed by atoms with Crippen molar-refractivity contribution >= 4 is 11.8 Å². The van der Waals surface area contributed by atoms with Crippen LogP contribution in [0.15, 0.2) is 14.4 Å². The van der Waals surface area contributed by atoms with Gasteiger partial charge in [0.2, 0.25) is 0 Å². The number of nitrogens with one attached hydrogen (secondary N) is 2. The molecule has 17 heavy (non-hydrogen) atoms. The second-order valence-electron chi connectivity index (χ2n) is 3.09. The van der Waals surface area contributed by atoms with Crippen molar-refractivity contribution < 1.29 is 14.3 Å². The number of hydrogen-bond donors (Lipinski definition) is 2. The quantitative estimate of drug-likeness (QED) is 0.555. The van der Waals surface area contributed by atoms with Gasteiger partial charge >= 0.3 is 23.0 Å². The molecule has 0 aliphatic heterocycles. The molecule has 0 aliphatic carbocycles. The Labute approximate surface area is 93.0 Å². The van der Waals surface area contributed by atoms with Gasteiger partial charge in [-0.05, 0) is 0 Å². The first kappa shape index (κ1) is 12.6. The van der Waals surface area contributed by atoms with Crippen LogP contribution in [0.25, 0.3) is 0 Å². The first-order chi connectivity index (χ1) is 7.90. The molecule has 0 bridgehead atoms. The molecule has 1 aromatic heterocycles. The number of hydrogen-bond acceptors (Lipinski definition) is 6.